The first-order valence-corrected chi connectivity index (χ1v) is 9.58. The van der Waals surface area contributed by atoms with Gasteiger partial charge in [-0.3, -0.25) is 9.13 Å². The van der Waals surface area contributed by atoms with Crippen molar-refractivity contribution >= 4 is 33.5 Å². The highest BCUT2D eigenvalue weighted by atomic mass is 33.6. The van der Waals surface area contributed by atoms with Gasteiger partial charge in [-0.25, -0.2) is 0 Å². The highest BCUT2D eigenvalue weighted by Gasteiger charge is 2.53. The SMILES string of the molecule is COP1(=O)SP(=O)(OC)S1. The van der Waals surface area contributed by atoms with Crippen molar-refractivity contribution in [2.45, 2.75) is 0 Å². The third-order valence-corrected chi connectivity index (χ3v) is 21.1. The van der Waals surface area contributed by atoms with Crippen LogP contribution in [0.5, 0.6) is 0 Å². The molecule has 0 N–H and O–H groups in total. The molecule has 60 valence electrons. The minimum Gasteiger partial charge on any atom is -0.316 e. The second-order valence-electron chi connectivity index (χ2n) is 1.42. The van der Waals surface area contributed by atoms with Crippen LogP contribution < -0.4 is 0 Å². The Labute approximate surface area is 66.3 Å². The molecule has 0 atom stereocenters. The molecule has 8 heteroatoms. The first-order chi connectivity index (χ1) is 4.54. The summed E-state index contributed by atoms with van der Waals surface area (Å²) in [6.45, 7) is 0. The van der Waals surface area contributed by atoms with E-state index in [0.29, 0.717) is 0 Å². The lowest BCUT2D eigenvalue weighted by Gasteiger charge is -2.28. The Morgan fingerprint density at radius 1 is 1.00 bits per heavy atom. The van der Waals surface area contributed by atoms with Gasteiger partial charge in [-0.05, 0) is 0 Å². The Hall–Kier alpha value is 1.08. The van der Waals surface area contributed by atoms with Crippen molar-refractivity contribution in [1.29, 1.82) is 0 Å². The third kappa shape index (κ3) is 1.63. The lowest BCUT2D eigenvalue weighted by molar-refractivity contribution is 0.416. The maximum absolute atomic E-state index is 11.1. The van der Waals surface area contributed by atoms with E-state index in [1.807, 2.05) is 0 Å². The minimum atomic E-state index is -2.67. The molecule has 0 spiro atoms. The van der Waals surface area contributed by atoms with Crippen LogP contribution in [0.15, 0.2) is 0 Å². The molecule has 0 radical (unpaired) electrons. The van der Waals surface area contributed by atoms with E-state index < -0.39 is 11.5 Å². The summed E-state index contributed by atoms with van der Waals surface area (Å²) in [5.74, 6) is -5.33. The van der Waals surface area contributed by atoms with Crippen LogP contribution in [0.3, 0.4) is 0 Å². The van der Waals surface area contributed by atoms with Crippen LogP contribution in [0.25, 0.3) is 0 Å². The lowest BCUT2D eigenvalue weighted by atomic mass is 11.8. The Balaban J connectivity index is 2.59. The second kappa shape index (κ2) is 2.85. The van der Waals surface area contributed by atoms with Crippen molar-refractivity contribution in [2.24, 2.45) is 0 Å². The predicted octanol–water partition coefficient (Wildman–Crippen LogP) is 2.98. The van der Waals surface area contributed by atoms with Gasteiger partial charge in [0.05, 0.1) is 0 Å². The van der Waals surface area contributed by atoms with Gasteiger partial charge < -0.3 is 9.05 Å². The normalized spacial score (nSPS) is 46.6. The molecule has 0 amide bonds. The summed E-state index contributed by atoms with van der Waals surface area (Å²) in [5, 5.41) is 0. The maximum Gasteiger partial charge on any atom is 0.332 e. The van der Waals surface area contributed by atoms with Crippen LogP contribution in [0, 0.1) is 0 Å². The predicted molar refractivity (Wildman–Crippen MR) is 44.4 cm³/mol. The Bertz CT molecular complexity index is 191. The first kappa shape index (κ1) is 9.17. The van der Waals surface area contributed by atoms with Crippen LogP contribution >= 0.6 is 33.5 Å². The highest BCUT2D eigenvalue weighted by molar-refractivity contribution is 9.36. The first-order valence-electron chi connectivity index (χ1n) is 2.28. The van der Waals surface area contributed by atoms with Crippen LogP contribution in [0.2, 0.25) is 0 Å². The summed E-state index contributed by atoms with van der Waals surface area (Å²) < 4.78 is 31.3. The molecule has 1 fully saturated rings. The average molecular weight is 220 g/mol. The summed E-state index contributed by atoms with van der Waals surface area (Å²) in [6.07, 6.45) is 0. The molecule has 4 nitrogen and oxygen atoms in total. The fourth-order valence-corrected chi connectivity index (χ4v) is 18.1. The van der Waals surface area contributed by atoms with Crippen LogP contribution in [-0.4, -0.2) is 14.2 Å². The molecule has 1 aliphatic rings. The van der Waals surface area contributed by atoms with Gasteiger partial charge in [0.1, 0.15) is 0 Å². The largest absolute Gasteiger partial charge is 0.332 e. The molecular weight excluding hydrogens is 214 g/mol. The summed E-state index contributed by atoms with van der Waals surface area (Å²) >= 11 is 1.62. The van der Waals surface area contributed by atoms with Gasteiger partial charge in [0.25, 0.3) is 0 Å². The van der Waals surface area contributed by atoms with Gasteiger partial charge >= 0.3 is 11.5 Å². The third-order valence-electron chi connectivity index (χ3n) is 0.847. The van der Waals surface area contributed by atoms with E-state index in [4.69, 9.17) is 0 Å². The topological polar surface area (TPSA) is 52.6 Å². The van der Waals surface area contributed by atoms with E-state index in [2.05, 4.69) is 9.05 Å². The molecule has 0 aliphatic carbocycles. The molecule has 0 unspecified atom stereocenters. The van der Waals surface area contributed by atoms with Gasteiger partial charge in [0.15, 0.2) is 0 Å². The maximum atomic E-state index is 11.1. The Kier molecular flexibility index (Phi) is 2.61. The van der Waals surface area contributed by atoms with Crippen molar-refractivity contribution in [3.63, 3.8) is 0 Å². The van der Waals surface area contributed by atoms with Crippen molar-refractivity contribution in [3.05, 3.63) is 0 Å². The van der Waals surface area contributed by atoms with E-state index in [1.165, 1.54) is 14.2 Å². The molecule has 0 aromatic heterocycles. The van der Waals surface area contributed by atoms with Gasteiger partial charge in [0.2, 0.25) is 0 Å². The zero-order valence-electron chi connectivity index (χ0n) is 5.34. The van der Waals surface area contributed by atoms with Crippen molar-refractivity contribution in [3.8, 4) is 0 Å². The fourth-order valence-electron chi connectivity index (χ4n) is 0.384. The van der Waals surface area contributed by atoms with E-state index in [1.54, 1.807) is 0 Å². The minimum absolute atomic E-state index is 0.808. The summed E-state index contributed by atoms with van der Waals surface area (Å²) in [7, 11) is 2.67. The second-order valence-corrected chi connectivity index (χ2v) is 15.3. The zero-order chi connectivity index (χ0) is 7.83. The van der Waals surface area contributed by atoms with Crippen molar-refractivity contribution in [1.82, 2.24) is 0 Å². The average Bonchev–Trinajstić information content (AvgIpc) is 1.85. The molecule has 1 heterocycles. The van der Waals surface area contributed by atoms with Crippen molar-refractivity contribution in [2.75, 3.05) is 14.2 Å². The van der Waals surface area contributed by atoms with E-state index in [0.717, 1.165) is 22.0 Å². The summed E-state index contributed by atoms with van der Waals surface area (Å²) in [6, 6.07) is 0. The molecule has 0 saturated carbocycles. The molecule has 10 heavy (non-hydrogen) atoms. The highest BCUT2D eigenvalue weighted by Crippen LogP contribution is 3.05. The number of rotatable bonds is 2. The summed E-state index contributed by atoms with van der Waals surface area (Å²) in [5.41, 5.74) is 0. The van der Waals surface area contributed by atoms with Crippen LogP contribution in [-0.2, 0) is 18.2 Å². The van der Waals surface area contributed by atoms with Gasteiger partial charge in [-0.15, -0.1) is 0 Å². The zero-order valence-corrected chi connectivity index (χ0v) is 8.77. The fraction of sp³-hybridized carbons (Fsp3) is 1.00. The summed E-state index contributed by atoms with van der Waals surface area (Å²) in [4.78, 5) is 0. The van der Waals surface area contributed by atoms with Crippen molar-refractivity contribution < 1.29 is 18.2 Å². The molecule has 0 bridgehead atoms. The molecule has 0 aromatic carbocycles. The van der Waals surface area contributed by atoms with E-state index in [9.17, 15) is 9.13 Å². The Morgan fingerprint density at radius 2 is 1.30 bits per heavy atom. The monoisotopic (exact) mass is 220 g/mol. The quantitative estimate of drug-likeness (QED) is 0.667. The molecular formula is C2H6O4P2S2. The van der Waals surface area contributed by atoms with Crippen LogP contribution in [0.1, 0.15) is 0 Å². The molecule has 1 rings (SSSR count). The number of hydrogen-bond donors (Lipinski definition) is 0. The lowest BCUT2D eigenvalue weighted by Crippen LogP contribution is -1.86. The van der Waals surface area contributed by atoms with Gasteiger partial charge in [-0.1, -0.05) is 0 Å². The van der Waals surface area contributed by atoms with Gasteiger partial charge in [0, 0.05) is 36.2 Å². The standard InChI is InChI=1S/C2H6O4P2S2/c1-5-7(3)9-8(4,6-2)10-7/h1-2H3. The molecule has 1 aliphatic heterocycles. The van der Waals surface area contributed by atoms with Crippen LogP contribution in [0.4, 0.5) is 0 Å². The Morgan fingerprint density at radius 3 is 1.50 bits per heavy atom. The molecule has 1 saturated heterocycles. The number of hydrogen-bond acceptors (Lipinski definition) is 6. The smallest absolute Gasteiger partial charge is 0.316 e. The van der Waals surface area contributed by atoms with Gasteiger partial charge in [-0.2, -0.15) is 0 Å². The van der Waals surface area contributed by atoms with E-state index >= 15 is 0 Å². The van der Waals surface area contributed by atoms with E-state index in [-0.39, 0.29) is 0 Å². The molecule has 0 aromatic rings.